The molecule has 3 atom stereocenters. The molecule has 1 saturated carbocycles. The van der Waals surface area contributed by atoms with Gasteiger partial charge < -0.3 is 10.5 Å². The van der Waals surface area contributed by atoms with Crippen molar-refractivity contribution in [2.45, 2.75) is 46.1 Å². The van der Waals surface area contributed by atoms with Crippen LogP contribution >= 0.6 is 0 Å². The third-order valence-corrected chi connectivity index (χ3v) is 3.89. The number of hydrogen-bond donors (Lipinski definition) is 1. The molecular formula is C14H23N3O. The first-order chi connectivity index (χ1) is 8.56. The lowest BCUT2D eigenvalue weighted by atomic mass is 9.75. The molecule has 1 heterocycles. The zero-order valence-corrected chi connectivity index (χ0v) is 11.5. The van der Waals surface area contributed by atoms with E-state index < -0.39 is 0 Å². The monoisotopic (exact) mass is 249 g/mol. The average Bonchev–Trinajstić information content (AvgIpc) is 2.32. The Morgan fingerprint density at radius 3 is 2.67 bits per heavy atom. The number of rotatable bonds is 3. The van der Waals surface area contributed by atoms with Crippen molar-refractivity contribution in [1.82, 2.24) is 10.2 Å². The summed E-state index contributed by atoms with van der Waals surface area (Å²) in [5, 5.41) is 7.83. The zero-order chi connectivity index (χ0) is 13.1. The van der Waals surface area contributed by atoms with Crippen molar-refractivity contribution in [2.24, 2.45) is 17.8 Å². The summed E-state index contributed by atoms with van der Waals surface area (Å²) in [6.45, 7) is 6.83. The maximum Gasteiger partial charge on any atom is 0.233 e. The van der Waals surface area contributed by atoms with Crippen LogP contribution in [0.15, 0.2) is 12.1 Å². The van der Waals surface area contributed by atoms with Crippen LogP contribution < -0.4 is 10.5 Å². The van der Waals surface area contributed by atoms with Gasteiger partial charge in [-0.25, -0.2) is 0 Å². The van der Waals surface area contributed by atoms with E-state index in [2.05, 4.69) is 31.0 Å². The summed E-state index contributed by atoms with van der Waals surface area (Å²) in [6.07, 6.45) is 3.91. The Labute approximate surface area is 109 Å². The Hall–Kier alpha value is -1.32. The first-order valence-corrected chi connectivity index (χ1v) is 6.82. The predicted octanol–water partition coefficient (Wildman–Crippen LogP) is 2.90. The van der Waals surface area contributed by atoms with Gasteiger partial charge in [-0.3, -0.25) is 0 Å². The fraction of sp³-hybridized carbons (Fsp3) is 0.714. The quantitative estimate of drug-likeness (QED) is 0.894. The van der Waals surface area contributed by atoms with Crippen LogP contribution in [0.25, 0.3) is 0 Å². The second-order valence-electron chi connectivity index (χ2n) is 5.78. The van der Waals surface area contributed by atoms with Crippen LogP contribution in [0, 0.1) is 17.8 Å². The van der Waals surface area contributed by atoms with Crippen molar-refractivity contribution < 1.29 is 4.74 Å². The van der Waals surface area contributed by atoms with Crippen LogP contribution in [0.4, 0.5) is 5.82 Å². The lowest BCUT2D eigenvalue weighted by Gasteiger charge is -2.36. The highest BCUT2D eigenvalue weighted by atomic mass is 16.5. The smallest absolute Gasteiger partial charge is 0.233 e. The lowest BCUT2D eigenvalue weighted by molar-refractivity contribution is 0.0419. The maximum absolute atomic E-state index is 6.03. The molecule has 1 aromatic heterocycles. The van der Waals surface area contributed by atoms with E-state index in [0.717, 1.165) is 12.3 Å². The summed E-state index contributed by atoms with van der Waals surface area (Å²) in [4.78, 5) is 0. The van der Waals surface area contributed by atoms with Crippen molar-refractivity contribution in [3.8, 4) is 5.88 Å². The molecule has 1 aliphatic rings. The molecule has 1 fully saturated rings. The molecule has 3 unspecified atom stereocenters. The van der Waals surface area contributed by atoms with E-state index in [4.69, 9.17) is 10.5 Å². The van der Waals surface area contributed by atoms with Gasteiger partial charge in [0.2, 0.25) is 5.88 Å². The van der Waals surface area contributed by atoms with Gasteiger partial charge in [-0.2, -0.15) is 0 Å². The van der Waals surface area contributed by atoms with E-state index in [1.165, 1.54) is 12.8 Å². The van der Waals surface area contributed by atoms with Crippen LogP contribution in [0.5, 0.6) is 5.88 Å². The summed E-state index contributed by atoms with van der Waals surface area (Å²) in [5.41, 5.74) is 5.53. The largest absolute Gasteiger partial charge is 0.473 e. The molecule has 0 spiro atoms. The molecule has 0 radical (unpaired) electrons. The molecule has 4 nitrogen and oxygen atoms in total. The molecule has 0 saturated heterocycles. The summed E-state index contributed by atoms with van der Waals surface area (Å²) in [7, 11) is 0. The molecule has 0 aromatic carbocycles. The number of nitrogen functional groups attached to an aromatic ring is 1. The van der Waals surface area contributed by atoms with Crippen LogP contribution in [0.1, 0.15) is 40.0 Å². The average molecular weight is 249 g/mol. The number of anilines is 1. The molecule has 18 heavy (non-hydrogen) atoms. The van der Waals surface area contributed by atoms with Crippen LogP contribution in [-0.4, -0.2) is 16.3 Å². The SMILES string of the molecule is CC1CCC(C(C)C)C(Oc2ccc(N)nn2)C1. The summed E-state index contributed by atoms with van der Waals surface area (Å²) >= 11 is 0. The second-order valence-corrected chi connectivity index (χ2v) is 5.78. The zero-order valence-electron chi connectivity index (χ0n) is 11.5. The molecular weight excluding hydrogens is 226 g/mol. The molecule has 1 aliphatic carbocycles. The summed E-state index contributed by atoms with van der Waals surface area (Å²) in [5.74, 6) is 3.00. The number of nitrogens with zero attached hydrogens (tertiary/aromatic N) is 2. The summed E-state index contributed by atoms with van der Waals surface area (Å²) in [6, 6.07) is 3.54. The van der Waals surface area contributed by atoms with E-state index >= 15 is 0 Å². The molecule has 100 valence electrons. The highest BCUT2D eigenvalue weighted by Gasteiger charge is 2.32. The fourth-order valence-electron chi connectivity index (χ4n) is 2.80. The minimum absolute atomic E-state index is 0.256. The van der Waals surface area contributed by atoms with Crippen LogP contribution in [0.2, 0.25) is 0 Å². The highest BCUT2D eigenvalue weighted by Crippen LogP contribution is 2.35. The van der Waals surface area contributed by atoms with Crippen molar-refractivity contribution in [2.75, 3.05) is 5.73 Å². The standard InChI is InChI=1S/C14H23N3O/c1-9(2)11-5-4-10(3)8-12(11)18-14-7-6-13(15)16-17-14/h6-7,9-12H,4-5,8H2,1-3H3,(H2,15,16). The Kier molecular flexibility index (Phi) is 4.04. The third kappa shape index (κ3) is 3.12. The van der Waals surface area contributed by atoms with Gasteiger partial charge in [0.1, 0.15) is 11.9 Å². The first kappa shape index (κ1) is 13.1. The van der Waals surface area contributed by atoms with Gasteiger partial charge in [-0.1, -0.05) is 27.2 Å². The van der Waals surface area contributed by atoms with Gasteiger partial charge >= 0.3 is 0 Å². The topological polar surface area (TPSA) is 61.0 Å². The van der Waals surface area contributed by atoms with Gasteiger partial charge in [-0.15, -0.1) is 10.2 Å². The Balaban J connectivity index is 2.06. The molecule has 2 N–H and O–H groups in total. The lowest BCUT2D eigenvalue weighted by Crippen LogP contribution is -2.36. The maximum atomic E-state index is 6.03. The third-order valence-electron chi connectivity index (χ3n) is 3.89. The molecule has 1 aromatic rings. The normalized spacial score (nSPS) is 28.3. The molecule has 0 aliphatic heterocycles. The van der Waals surface area contributed by atoms with Crippen molar-refractivity contribution in [1.29, 1.82) is 0 Å². The minimum atomic E-state index is 0.256. The van der Waals surface area contributed by atoms with E-state index in [0.29, 0.717) is 23.5 Å². The molecule has 0 bridgehead atoms. The van der Waals surface area contributed by atoms with Crippen LogP contribution in [0.3, 0.4) is 0 Å². The molecule has 2 rings (SSSR count). The van der Waals surface area contributed by atoms with Gasteiger partial charge in [0.15, 0.2) is 0 Å². The van der Waals surface area contributed by atoms with E-state index in [1.54, 1.807) is 12.1 Å². The minimum Gasteiger partial charge on any atom is -0.473 e. The van der Waals surface area contributed by atoms with Gasteiger partial charge in [0, 0.05) is 6.07 Å². The van der Waals surface area contributed by atoms with E-state index in [9.17, 15) is 0 Å². The van der Waals surface area contributed by atoms with Gasteiger partial charge in [0.05, 0.1) is 0 Å². The summed E-state index contributed by atoms with van der Waals surface area (Å²) < 4.78 is 6.03. The van der Waals surface area contributed by atoms with E-state index in [1.807, 2.05) is 0 Å². The first-order valence-electron chi connectivity index (χ1n) is 6.82. The number of nitrogens with two attached hydrogens (primary N) is 1. The Bertz CT molecular complexity index is 377. The van der Waals surface area contributed by atoms with Crippen molar-refractivity contribution >= 4 is 5.82 Å². The van der Waals surface area contributed by atoms with Crippen LogP contribution in [-0.2, 0) is 0 Å². The van der Waals surface area contributed by atoms with Crippen molar-refractivity contribution in [3.63, 3.8) is 0 Å². The predicted molar refractivity (Wildman–Crippen MR) is 72.2 cm³/mol. The molecule has 4 heteroatoms. The van der Waals surface area contributed by atoms with E-state index in [-0.39, 0.29) is 6.10 Å². The fourth-order valence-corrected chi connectivity index (χ4v) is 2.80. The number of aromatic nitrogens is 2. The highest BCUT2D eigenvalue weighted by molar-refractivity contribution is 5.27. The molecule has 0 amide bonds. The van der Waals surface area contributed by atoms with Crippen molar-refractivity contribution in [3.05, 3.63) is 12.1 Å². The Morgan fingerprint density at radius 2 is 2.06 bits per heavy atom. The Morgan fingerprint density at radius 1 is 1.28 bits per heavy atom. The number of hydrogen-bond acceptors (Lipinski definition) is 4. The second kappa shape index (κ2) is 5.55. The number of ether oxygens (including phenoxy) is 1. The van der Waals surface area contributed by atoms with Gasteiger partial charge in [0.25, 0.3) is 0 Å². The van der Waals surface area contributed by atoms with Gasteiger partial charge in [-0.05, 0) is 36.7 Å².